The van der Waals surface area contributed by atoms with Gasteiger partial charge in [-0.2, -0.15) is 0 Å². The number of nitrogens with zero attached hydrogens (tertiary/aromatic N) is 4. The molecule has 0 amide bonds. The van der Waals surface area contributed by atoms with Crippen LogP contribution in [0, 0.1) is 0 Å². The number of nitrogen functional groups attached to an aromatic ring is 1. The van der Waals surface area contributed by atoms with Crippen LogP contribution in [0.5, 0.6) is 5.88 Å². The fourth-order valence-electron chi connectivity index (χ4n) is 1.32. The molecule has 0 unspecified atom stereocenters. The average Bonchev–Trinajstić information content (AvgIpc) is 2.42. The van der Waals surface area contributed by atoms with Gasteiger partial charge in [0.15, 0.2) is 5.82 Å². The van der Waals surface area contributed by atoms with Crippen molar-refractivity contribution < 1.29 is 4.74 Å². The molecule has 2 rings (SSSR count). The Kier molecular flexibility index (Phi) is 3.49. The standard InChI is InChI=1S/C10H12N6O2/c1-18-9-2-3-10(17)16(15-9)6-7-4-13-8(14-11)5-12-7/h2-5H,6,11H2,1H3,(H,13,14). The molecule has 0 aliphatic rings. The van der Waals surface area contributed by atoms with Crippen LogP contribution in [0.25, 0.3) is 0 Å². The predicted octanol–water partition coefficient (Wildman–Crippen LogP) is -0.624. The maximum absolute atomic E-state index is 11.6. The lowest BCUT2D eigenvalue weighted by Gasteiger charge is -2.05. The minimum Gasteiger partial charge on any atom is -0.480 e. The smallest absolute Gasteiger partial charge is 0.267 e. The third-order valence-electron chi connectivity index (χ3n) is 2.22. The van der Waals surface area contributed by atoms with Crippen LogP contribution < -0.4 is 21.6 Å². The number of nitrogens with two attached hydrogens (primary N) is 1. The third-order valence-corrected chi connectivity index (χ3v) is 2.22. The molecule has 2 heterocycles. The molecule has 18 heavy (non-hydrogen) atoms. The highest BCUT2D eigenvalue weighted by atomic mass is 16.5. The molecule has 0 aliphatic carbocycles. The van der Waals surface area contributed by atoms with Crippen molar-refractivity contribution in [2.45, 2.75) is 6.54 Å². The molecule has 94 valence electrons. The third kappa shape index (κ3) is 2.61. The van der Waals surface area contributed by atoms with Crippen molar-refractivity contribution in [1.82, 2.24) is 19.7 Å². The van der Waals surface area contributed by atoms with E-state index in [1.165, 1.54) is 36.3 Å². The lowest BCUT2D eigenvalue weighted by Crippen LogP contribution is -2.23. The topological polar surface area (TPSA) is 108 Å². The van der Waals surface area contributed by atoms with E-state index >= 15 is 0 Å². The Morgan fingerprint density at radius 1 is 1.39 bits per heavy atom. The fourth-order valence-corrected chi connectivity index (χ4v) is 1.32. The van der Waals surface area contributed by atoms with Crippen LogP contribution in [-0.4, -0.2) is 26.9 Å². The van der Waals surface area contributed by atoms with E-state index in [-0.39, 0.29) is 12.1 Å². The van der Waals surface area contributed by atoms with Crippen molar-refractivity contribution in [2.75, 3.05) is 12.5 Å². The van der Waals surface area contributed by atoms with E-state index < -0.39 is 0 Å². The van der Waals surface area contributed by atoms with Gasteiger partial charge >= 0.3 is 0 Å². The minimum atomic E-state index is -0.237. The van der Waals surface area contributed by atoms with Gasteiger partial charge in [0, 0.05) is 12.1 Å². The van der Waals surface area contributed by atoms with Crippen LogP contribution in [0.3, 0.4) is 0 Å². The fraction of sp³-hybridized carbons (Fsp3) is 0.200. The number of hydrogen-bond acceptors (Lipinski definition) is 7. The number of anilines is 1. The van der Waals surface area contributed by atoms with E-state index in [4.69, 9.17) is 10.6 Å². The Balaban J connectivity index is 2.24. The molecule has 2 aromatic rings. The largest absolute Gasteiger partial charge is 0.480 e. The second-order valence-corrected chi connectivity index (χ2v) is 3.41. The van der Waals surface area contributed by atoms with Crippen molar-refractivity contribution >= 4 is 5.82 Å². The Morgan fingerprint density at radius 2 is 2.22 bits per heavy atom. The van der Waals surface area contributed by atoms with Crippen LogP contribution in [0.2, 0.25) is 0 Å². The maximum atomic E-state index is 11.6. The Labute approximate surface area is 102 Å². The van der Waals surface area contributed by atoms with Crippen LogP contribution in [0.4, 0.5) is 5.82 Å². The highest BCUT2D eigenvalue weighted by molar-refractivity contribution is 5.28. The summed E-state index contributed by atoms with van der Waals surface area (Å²) in [7, 11) is 1.48. The first kappa shape index (κ1) is 12.0. The summed E-state index contributed by atoms with van der Waals surface area (Å²) in [5, 5.41) is 4.00. The van der Waals surface area contributed by atoms with E-state index in [1.807, 2.05) is 0 Å². The SMILES string of the molecule is COc1ccc(=O)n(Cc2cnc(NN)cn2)n1. The lowest BCUT2D eigenvalue weighted by atomic mass is 10.4. The van der Waals surface area contributed by atoms with Gasteiger partial charge in [-0.05, 0) is 0 Å². The summed E-state index contributed by atoms with van der Waals surface area (Å²) in [6.07, 6.45) is 2.99. The van der Waals surface area contributed by atoms with Gasteiger partial charge in [0.2, 0.25) is 5.88 Å². The van der Waals surface area contributed by atoms with Gasteiger partial charge in [-0.3, -0.25) is 9.78 Å². The molecule has 3 N–H and O–H groups in total. The molecule has 8 heteroatoms. The molecule has 0 bridgehead atoms. The summed E-state index contributed by atoms with van der Waals surface area (Å²) in [5.74, 6) is 5.99. The molecule has 2 aromatic heterocycles. The number of methoxy groups -OCH3 is 1. The van der Waals surface area contributed by atoms with E-state index in [0.29, 0.717) is 17.4 Å². The van der Waals surface area contributed by atoms with Crippen LogP contribution in [-0.2, 0) is 6.54 Å². The number of hydrogen-bond donors (Lipinski definition) is 2. The Bertz CT molecular complexity index is 580. The van der Waals surface area contributed by atoms with Crippen LogP contribution in [0.15, 0.2) is 29.3 Å². The summed E-state index contributed by atoms with van der Waals surface area (Å²) in [5.41, 5.74) is 2.73. The zero-order chi connectivity index (χ0) is 13.0. The summed E-state index contributed by atoms with van der Waals surface area (Å²) in [6.45, 7) is 0.216. The van der Waals surface area contributed by atoms with Crippen molar-refractivity contribution in [3.05, 3.63) is 40.6 Å². The zero-order valence-corrected chi connectivity index (χ0v) is 9.70. The van der Waals surface area contributed by atoms with Gasteiger partial charge in [-0.25, -0.2) is 15.5 Å². The van der Waals surface area contributed by atoms with Gasteiger partial charge in [0.05, 0.1) is 31.7 Å². The second-order valence-electron chi connectivity index (χ2n) is 3.41. The van der Waals surface area contributed by atoms with Gasteiger partial charge in [0.1, 0.15) is 0 Å². The van der Waals surface area contributed by atoms with Crippen LogP contribution in [0.1, 0.15) is 5.69 Å². The second kappa shape index (κ2) is 5.23. The maximum Gasteiger partial charge on any atom is 0.267 e. The minimum absolute atomic E-state index is 0.216. The Morgan fingerprint density at radius 3 is 2.83 bits per heavy atom. The number of ether oxygens (including phenoxy) is 1. The lowest BCUT2D eigenvalue weighted by molar-refractivity contribution is 0.378. The summed E-state index contributed by atoms with van der Waals surface area (Å²) in [6, 6.07) is 2.89. The van der Waals surface area contributed by atoms with Crippen LogP contribution >= 0.6 is 0 Å². The molecule has 8 nitrogen and oxygen atoms in total. The molecule has 0 fully saturated rings. The van der Waals surface area contributed by atoms with Gasteiger partial charge in [-0.15, -0.1) is 5.10 Å². The van der Waals surface area contributed by atoms with E-state index in [9.17, 15) is 4.79 Å². The summed E-state index contributed by atoms with van der Waals surface area (Å²) < 4.78 is 6.20. The monoisotopic (exact) mass is 248 g/mol. The first-order valence-corrected chi connectivity index (χ1v) is 5.12. The molecular formula is C10H12N6O2. The van der Waals surface area contributed by atoms with Gasteiger partial charge in [0.25, 0.3) is 5.56 Å². The number of nitrogens with one attached hydrogen (secondary N) is 1. The van der Waals surface area contributed by atoms with E-state index in [0.717, 1.165) is 0 Å². The van der Waals surface area contributed by atoms with Crippen molar-refractivity contribution in [3.8, 4) is 5.88 Å². The van der Waals surface area contributed by atoms with Gasteiger partial charge < -0.3 is 10.2 Å². The molecule has 0 aliphatic heterocycles. The molecule has 0 spiro atoms. The first-order valence-electron chi connectivity index (χ1n) is 5.12. The highest BCUT2D eigenvalue weighted by Gasteiger charge is 2.03. The Hall–Kier alpha value is -2.48. The molecule has 0 atom stereocenters. The molecule has 0 aromatic carbocycles. The number of hydrazine groups is 1. The van der Waals surface area contributed by atoms with Crippen molar-refractivity contribution in [3.63, 3.8) is 0 Å². The van der Waals surface area contributed by atoms with Crippen molar-refractivity contribution in [2.24, 2.45) is 5.84 Å². The number of aromatic nitrogens is 4. The highest BCUT2D eigenvalue weighted by Crippen LogP contribution is 2.02. The summed E-state index contributed by atoms with van der Waals surface area (Å²) in [4.78, 5) is 19.7. The summed E-state index contributed by atoms with van der Waals surface area (Å²) >= 11 is 0. The van der Waals surface area contributed by atoms with E-state index in [1.54, 1.807) is 0 Å². The molecule has 0 radical (unpaired) electrons. The average molecular weight is 248 g/mol. The molecule has 0 saturated heterocycles. The van der Waals surface area contributed by atoms with Crippen molar-refractivity contribution in [1.29, 1.82) is 0 Å². The first-order chi connectivity index (χ1) is 8.72. The van der Waals surface area contributed by atoms with Gasteiger partial charge in [-0.1, -0.05) is 0 Å². The number of rotatable bonds is 4. The molecular weight excluding hydrogens is 236 g/mol. The molecule has 0 saturated carbocycles. The normalized spacial score (nSPS) is 10.1. The quantitative estimate of drug-likeness (QED) is 0.548. The predicted molar refractivity (Wildman–Crippen MR) is 64.0 cm³/mol. The van der Waals surface area contributed by atoms with E-state index in [2.05, 4.69) is 20.5 Å². The zero-order valence-electron chi connectivity index (χ0n) is 9.70.